The lowest BCUT2D eigenvalue weighted by Gasteiger charge is -2.28. The van der Waals surface area contributed by atoms with Crippen LogP contribution < -0.4 is 5.73 Å². The Labute approximate surface area is 159 Å². The van der Waals surface area contributed by atoms with Gasteiger partial charge in [-0.05, 0) is 54.6 Å². The van der Waals surface area contributed by atoms with Crippen LogP contribution in [0.5, 0.6) is 0 Å². The van der Waals surface area contributed by atoms with Gasteiger partial charge >= 0.3 is 0 Å². The lowest BCUT2D eigenvalue weighted by Crippen LogP contribution is -2.41. The van der Waals surface area contributed by atoms with Gasteiger partial charge in [0.05, 0.1) is 17.4 Å². The van der Waals surface area contributed by atoms with Gasteiger partial charge < -0.3 is 10.3 Å². The minimum Gasteiger partial charge on any atom is -0.330 e. The van der Waals surface area contributed by atoms with Crippen molar-refractivity contribution in [2.24, 2.45) is 11.7 Å². The normalized spacial score (nSPS) is 17.5. The van der Waals surface area contributed by atoms with E-state index in [1.54, 1.807) is 11.3 Å². The molecule has 1 aromatic heterocycles. The lowest BCUT2D eigenvalue weighted by atomic mass is 10.0. The first kappa shape index (κ1) is 17.7. The Balaban J connectivity index is 1.58. The molecule has 2 heterocycles. The van der Waals surface area contributed by atoms with Gasteiger partial charge in [0, 0.05) is 13.1 Å². The molecule has 1 aliphatic heterocycles. The number of fused-ring (bicyclic) bond motifs is 1. The van der Waals surface area contributed by atoms with E-state index in [0.29, 0.717) is 19.1 Å². The molecule has 1 amide bonds. The Hall–Kier alpha value is -2.70. The molecule has 6 heteroatoms. The van der Waals surface area contributed by atoms with Crippen molar-refractivity contribution >= 4 is 17.4 Å². The monoisotopic (exact) mass is 363 g/mol. The maximum Gasteiger partial charge on any atom is 0.225 e. The summed E-state index contributed by atoms with van der Waals surface area (Å²) in [5.74, 6) is 0.462. The molecule has 3 aromatic rings. The van der Waals surface area contributed by atoms with Crippen molar-refractivity contribution in [3.8, 4) is 11.1 Å². The zero-order valence-electron chi connectivity index (χ0n) is 15.6. The molecule has 0 bridgehead atoms. The summed E-state index contributed by atoms with van der Waals surface area (Å²) in [5, 5.41) is 3.81. The van der Waals surface area contributed by atoms with Gasteiger partial charge in [-0.3, -0.25) is 9.80 Å². The van der Waals surface area contributed by atoms with Crippen LogP contribution in [0.15, 0.2) is 48.8 Å². The van der Waals surface area contributed by atoms with Crippen LogP contribution in [-0.2, 0) is 11.5 Å². The standard InChI is InChI=1S/C21H25N5O/c1-16-4-2-3-5-19(16)18-6-7-21-20(10-18)23-13-24(21)14-26(15-27)25-9-8-17(11-22)12-25/h2-7,10,13,15,17H,8-9,11-12,14,22H2,1H3/t17-/m0/s1. The Morgan fingerprint density at radius 3 is 2.89 bits per heavy atom. The molecule has 0 radical (unpaired) electrons. The first-order chi connectivity index (χ1) is 13.2. The number of hydrogen-bond donors (Lipinski definition) is 1. The number of benzene rings is 2. The zero-order valence-corrected chi connectivity index (χ0v) is 15.6. The third-order valence-electron chi connectivity index (χ3n) is 5.46. The van der Waals surface area contributed by atoms with Gasteiger partial charge in [0.25, 0.3) is 0 Å². The SMILES string of the molecule is Cc1ccccc1-c1ccc2c(c1)ncn2CN(C=O)N1CC[C@@H](CN)C1. The quantitative estimate of drug-likeness (QED) is 0.684. The van der Waals surface area contributed by atoms with Crippen LogP contribution >= 0.6 is 0 Å². The molecule has 0 spiro atoms. The second-order valence-corrected chi connectivity index (χ2v) is 7.22. The molecule has 1 saturated heterocycles. The van der Waals surface area contributed by atoms with Crippen LogP contribution in [0.25, 0.3) is 22.2 Å². The minimum absolute atomic E-state index is 0.459. The lowest BCUT2D eigenvalue weighted by molar-refractivity contribution is -0.136. The first-order valence-corrected chi connectivity index (χ1v) is 9.37. The molecule has 0 unspecified atom stereocenters. The highest BCUT2D eigenvalue weighted by molar-refractivity contribution is 5.82. The van der Waals surface area contributed by atoms with E-state index in [2.05, 4.69) is 53.3 Å². The summed E-state index contributed by atoms with van der Waals surface area (Å²) >= 11 is 0. The fraction of sp³-hybridized carbons (Fsp3) is 0.333. The summed E-state index contributed by atoms with van der Waals surface area (Å²) in [6.45, 7) is 4.94. The average Bonchev–Trinajstić information content (AvgIpc) is 3.33. The van der Waals surface area contributed by atoms with Crippen LogP contribution in [0.3, 0.4) is 0 Å². The zero-order chi connectivity index (χ0) is 18.8. The summed E-state index contributed by atoms with van der Waals surface area (Å²) in [5.41, 5.74) is 11.3. The topological polar surface area (TPSA) is 67.4 Å². The molecule has 1 atom stereocenters. The van der Waals surface area contributed by atoms with Crippen molar-refractivity contribution in [1.29, 1.82) is 0 Å². The highest BCUT2D eigenvalue weighted by Gasteiger charge is 2.25. The first-order valence-electron chi connectivity index (χ1n) is 9.37. The molecule has 27 heavy (non-hydrogen) atoms. The van der Waals surface area contributed by atoms with E-state index in [1.807, 2.05) is 10.6 Å². The van der Waals surface area contributed by atoms with Gasteiger partial charge in [-0.2, -0.15) is 0 Å². The number of imidazole rings is 1. The number of rotatable bonds is 6. The van der Waals surface area contributed by atoms with E-state index in [9.17, 15) is 4.79 Å². The summed E-state index contributed by atoms with van der Waals surface area (Å²) in [6, 6.07) is 14.7. The summed E-state index contributed by atoms with van der Waals surface area (Å²) in [7, 11) is 0. The Morgan fingerprint density at radius 2 is 2.15 bits per heavy atom. The molecule has 0 aliphatic carbocycles. The molecule has 140 valence electrons. The van der Waals surface area contributed by atoms with Crippen molar-refractivity contribution in [3.63, 3.8) is 0 Å². The van der Waals surface area contributed by atoms with Gasteiger partial charge in [0.15, 0.2) is 0 Å². The molecule has 0 saturated carbocycles. The summed E-state index contributed by atoms with van der Waals surface area (Å²) in [6.07, 6.45) is 3.73. The molecule has 6 nitrogen and oxygen atoms in total. The van der Waals surface area contributed by atoms with Gasteiger partial charge in [-0.1, -0.05) is 30.3 Å². The van der Waals surface area contributed by atoms with Gasteiger partial charge in [0.1, 0.15) is 6.67 Å². The minimum atomic E-state index is 0.459. The van der Waals surface area contributed by atoms with Crippen LogP contribution in [0.2, 0.25) is 0 Å². The number of carbonyl (C=O) groups is 1. The Kier molecular flexibility index (Phi) is 4.92. The number of aryl methyl sites for hydroxylation is 1. The molecular weight excluding hydrogens is 338 g/mol. The predicted octanol–water partition coefficient (Wildman–Crippen LogP) is 2.62. The highest BCUT2D eigenvalue weighted by Crippen LogP contribution is 2.27. The number of amides is 1. The molecule has 4 rings (SSSR count). The second kappa shape index (κ2) is 7.50. The van der Waals surface area contributed by atoms with Crippen LogP contribution in [0.4, 0.5) is 0 Å². The van der Waals surface area contributed by atoms with Crippen molar-refractivity contribution < 1.29 is 4.79 Å². The fourth-order valence-electron chi connectivity index (χ4n) is 3.82. The third-order valence-corrected chi connectivity index (χ3v) is 5.46. The van der Waals surface area contributed by atoms with Crippen molar-refractivity contribution in [3.05, 3.63) is 54.4 Å². The largest absolute Gasteiger partial charge is 0.330 e. The van der Waals surface area contributed by atoms with E-state index < -0.39 is 0 Å². The highest BCUT2D eigenvalue weighted by atomic mass is 16.2. The maximum absolute atomic E-state index is 11.6. The molecule has 2 N–H and O–H groups in total. The van der Waals surface area contributed by atoms with E-state index in [0.717, 1.165) is 42.5 Å². The number of hydrazine groups is 1. The van der Waals surface area contributed by atoms with Crippen molar-refractivity contribution in [2.45, 2.75) is 20.0 Å². The number of aromatic nitrogens is 2. The Morgan fingerprint density at radius 1 is 1.30 bits per heavy atom. The van der Waals surface area contributed by atoms with Gasteiger partial charge in [-0.15, -0.1) is 0 Å². The summed E-state index contributed by atoms with van der Waals surface area (Å²) in [4.78, 5) is 16.2. The van der Waals surface area contributed by atoms with E-state index >= 15 is 0 Å². The second-order valence-electron chi connectivity index (χ2n) is 7.22. The molecular formula is C21H25N5O. The third kappa shape index (κ3) is 3.46. The average molecular weight is 363 g/mol. The van der Waals surface area contributed by atoms with Gasteiger partial charge in [-0.25, -0.2) is 9.99 Å². The smallest absolute Gasteiger partial charge is 0.225 e. The number of carbonyl (C=O) groups excluding carboxylic acids is 1. The number of nitrogens with zero attached hydrogens (tertiary/aromatic N) is 4. The fourth-order valence-corrected chi connectivity index (χ4v) is 3.82. The van der Waals surface area contributed by atoms with Crippen LogP contribution in [0, 0.1) is 12.8 Å². The predicted molar refractivity (Wildman–Crippen MR) is 107 cm³/mol. The molecule has 1 fully saturated rings. The van der Waals surface area contributed by atoms with E-state index in [4.69, 9.17) is 5.73 Å². The van der Waals surface area contributed by atoms with Gasteiger partial charge in [0.2, 0.25) is 6.41 Å². The number of hydrogen-bond acceptors (Lipinski definition) is 4. The summed E-state index contributed by atoms with van der Waals surface area (Å²) < 4.78 is 2.02. The van der Waals surface area contributed by atoms with Crippen LogP contribution in [-0.4, -0.2) is 45.6 Å². The number of nitrogens with two attached hydrogens (primary N) is 1. The van der Waals surface area contributed by atoms with Crippen molar-refractivity contribution in [1.82, 2.24) is 19.6 Å². The molecule has 2 aromatic carbocycles. The van der Waals surface area contributed by atoms with E-state index in [-0.39, 0.29) is 0 Å². The molecule has 1 aliphatic rings. The Bertz CT molecular complexity index is 951. The maximum atomic E-state index is 11.6. The van der Waals surface area contributed by atoms with Crippen LogP contribution in [0.1, 0.15) is 12.0 Å². The van der Waals surface area contributed by atoms with E-state index in [1.165, 1.54) is 11.1 Å². The van der Waals surface area contributed by atoms with Crippen molar-refractivity contribution in [2.75, 3.05) is 19.6 Å².